The lowest BCUT2D eigenvalue weighted by Crippen LogP contribution is -2.50. The fourth-order valence-electron chi connectivity index (χ4n) is 2.84. The first-order valence-corrected chi connectivity index (χ1v) is 8.42. The van der Waals surface area contributed by atoms with Gasteiger partial charge in [0.2, 0.25) is 5.91 Å². The third-order valence-electron chi connectivity index (χ3n) is 4.33. The number of piperazine rings is 1. The maximum Gasteiger partial charge on any atom is 0.272 e. The van der Waals surface area contributed by atoms with E-state index in [0.717, 1.165) is 5.69 Å². The summed E-state index contributed by atoms with van der Waals surface area (Å²) in [7, 11) is 0. The van der Waals surface area contributed by atoms with Gasteiger partial charge < -0.3 is 15.1 Å². The second-order valence-electron chi connectivity index (χ2n) is 6.07. The van der Waals surface area contributed by atoms with Gasteiger partial charge >= 0.3 is 0 Å². The summed E-state index contributed by atoms with van der Waals surface area (Å²) in [6, 6.07) is 13.7. The second-order valence-corrected chi connectivity index (χ2v) is 6.07. The van der Waals surface area contributed by atoms with Gasteiger partial charge in [0.1, 0.15) is 5.69 Å². The van der Waals surface area contributed by atoms with E-state index in [9.17, 15) is 9.59 Å². The lowest BCUT2D eigenvalue weighted by molar-refractivity contribution is -0.130. The van der Waals surface area contributed by atoms with E-state index in [1.54, 1.807) is 29.0 Å². The molecule has 0 bridgehead atoms. The van der Waals surface area contributed by atoms with Crippen LogP contribution in [0.2, 0.25) is 0 Å². The van der Waals surface area contributed by atoms with Crippen LogP contribution in [0.25, 0.3) is 0 Å². The Hall–Kier alpha value is -2.89. The molecule has 25 heavy (non-hydrogen) atoms. The summed E-state index contributed by atoms with van der Waals surface area (Å²) < 4.78 is 0. The molecule has 2 heterocycles. The van der Waals surface area contributed by atoms with Crippen LogP contribution in [0.15, 0.2) is 48.7 Å². The summed E-state index contributed by atoms with van der Waals surface area (Å²) in [5, 5.41) is 3.32. The predicted molar refractivity (Wildman–Crippen MR) is 96.2 cm³/mol. The molecule has 6 nitrogen and oxygen atoms in total. The molecule has 2 amide bonds. The number of carbonyl (C=O) groups excluding carboxylic acids is 2. The number of carbonyl (C=O) groups is 2. The largest absolute Gasteiger partial charge is 0.381 e. The number of hydrogen-bond acceptors (Lipinski definition) is 4. The fraction of sp³-hybridized carbons (Fsp3) is 0.316. The number of pyridine rings is 1. The highest BCUT2D eigenvalue weighted by Gasteiger charge is 2.24. The first-order chi connectivity index (χ1) is 12.1. The van der Waals surface area contributed by atoms with Crippen LogP contribution in [0.5, 0.6) is 0 Å². The molecule has 0 unspecified atom stereocenters. The molecule has 1 aliphatic rings. The minimum atomic E-state index is -0.0911. The van der Waals surface area contributed by atoms with E-state index < -0.39 is 0 Å². The smallest absolute Gasteiger partial charge is 0.272 e. The Labute approximate surface area is 147 Å². The van der Waals surface area contributed by atoms with Gasteiger partial charge in [0, 0.05) is 51.5 Å². The average Bonchev–Trinajstić information content (AvgIpc) is 2.67. The lowest BCUT2D eigenvalue weighted by Gasteiger charge is -2.34. The molecular weight excluding hydrogens is 316 g/mol. The summed E-state index contributed by atoms with van der Waals surface area (Å²) in [5.41, 5.74) is 2.46. The van der Waals surface area contributed by atoms with Crippen LogP contribution in [0.3, 0.4) is 0 Å². The zero-order valence-corrected chi connectivity index (χ0v) is 14.3. The topological polar surface area (TPSA) is 65.5 Å². The number of aromatic nitrogens is 1. The van der Waals surface area contributed by atoms with Crippen LogP contribution in [0.4, 0.5) is 5.69 Å². The van der Waals surface area contributed by atoms with Gasteiger partial charge in [-0.3, -0.25) is 14.6 Å². The van der Waals surface area contributed by atoms with Crippen LogP contribution in [-0.2, 0) is 11.3 Å². The van der Waals surface area contributed by atoms with Gasteiger partial charge in [0.05, 0.1) is 0 Å². The molecule has 1 saturated heterocycles. The Morgan fingerprint density at radius 3 is 2.40 bits per heavy atom. The van der Waals surface area contributed by atoms with Gasteiger partial charge in [-0.05, 0) is 17.7 Å². The molecule has 6 heteroatoms. The Bertz CT molecular complexity index is 740. The van der Waals surface area contributed by atoms with E-state index >= 15 is 0 Å². The normalized spacial score (nSPS) is 14.3. The maximum atomic E-state index is 12.6. The van der Waals surface area contributed by atoms with Crippen LogP contribution >= 0.6 is 0 Å². The van der Waals surface area contributed by atoms with Crippen LogP contribution in [-0.4, -0.2) is 52.8 Å². The Balaban J connectivity index is 1.61. The van der Waals surface area contributed by atoms with Gasteiger partial charge in [-0.2, -0.15) is 0 Å². The van der Waals surface area contributed by atoms with Gasteiger partial charge in [-0.1, -0.05) is 30.3 Å². The second kappa shape index (κ2) is 7.79. The molecule has 3 rings (SSSR count). The number of nitrogens with one attached hydrogen (secondary N) is 1. The van der Waals surface area contributed by atoms with Crippen molar-refractivity contribution in [1.29, 1.82) is 0 Å². The third kappa shape index (κ3) is 4.35. The number of rotatable bonds is 4. The molecule has 130 valence electrons. The monoisotopic (exact) mass is 338 g/mol. The minimum absolute atomic E-state index is 0.0531. The zero-order valence-electron chi connectivity index (χ0n) is 14.3. The fourth-order valence-corrected chi connectivity index (χ4v) is 2.84. The van der Waals surface area contributed by atoms with Crippen molar-refractivity contribution in [3.63, 3.8) is 0 Å². The van der Waals surface area contributed by atoms with Crippen molar-refractivity contribution >= 4 is 17.5 Å². The number of anilines is 1. The molecule has 0 saturated carbocycles. The summed E-state index contributed by atoms with van der Waals surface area (Å²) >= 11 is 0. The van der Waals surface area contributed by atoms with E-state index in [0.29, 0.717) is 38.4 Å². The lowest BCUT2D eigenvalue weighted by atomic mass is 10.2. The summed E-state index contributed by atoms with van der Waals surface area (Å²) in [5.74, 6) is -0.0381. The van der Waals surface area contributed by atoms with Crippen molar-refractivity contribution in [1.82, 2.24) is 14.8 Å². The quantitative estimate of drug-likeness (QED) is 0.926. The van der Waals surface area contributed by atoms with Gasteiger partial charge in [-0.25, -0.2) is 0 Å². The highest BCUT2D eigenvalue weighted by molar-refractivity contribution is 5.93. The summed E-state index contributed by atoms with van der Waals surface area (Å²) in [6.07, 6.45) is 1.65. The summed E-state index contributed by atoms with van der Waals surface area (Å²) in [6.45, 7) is 4.49. The predicted octanol–water partition coefficient (Wildman–Crippen LogP) is 2.00. The molecule has 0 atom stereocenters. The molecule has 0 aliphatic carbocycles. The Morgan fingerprint density at radius 2 is 1.72 bits per heavy atom. The maximum absolute atomic E-state index is 12.6. The zero-order chi connectivity index (χ0) is 17.6. The average molecular weight is 338 g/mol. The molecule has 1 aromatic heterocycles. The number of hydrogen-bond donors (Lipinski definition) is 1. The van der Waals surface area contributed by atoms with E-state index in [4.69, 9.17) is 0 Å². The van der Waals surface area contributed by atoms with Crippen LogP contribution in [0.1, 0.15) is 23.0 Å². The molecule has 1 aromatic carbocycles. The molecule has 0 spiro atoms. The Kier molecular flexibility index (Phi) is 5.28. The SMILES string of the molecule is CC(=O)N1CCN(C(=O)c2cc(NCc3ccccc3)ccn2)CC1. The van der Waals surface area contributed by atoms with Gasteiger partial charge in [0.25, 0.3) is 5.91 Å². The first-order valence-electron chi connectivity index (χ1n) is 8.42. The van der Waals surface area contributed by atoms with Crippen molar-refractivity contribution in [2.24, 2.45) is 0 Å². The third-order valence-corrected chi connectivity index (χ3v) is 4.33. The number of benzene rings is 1. The van der Waals surface area contributed by atoms with Crippen molar-refractivity contribution in [3.05, 3.63) is 59.9 Å². The van der Waals surface area contributed by atoms with E-state index in [-0.39, 0.29) is 11.8 Å². The van der Waals surface area contributed by atoms with Gasteiger partial charge in [0.15, 0.2) is 0 Å². The van der Waals surface area contributed by atoms with Crippen LogP contribution in [0, 0.1) is 0 Å². The summed E-state index contributed by atoms with van der Waals surface area (Å²) in [4.78, 5) is 31.7. The first kappa shape index (κ1) is 17.0. The number of amides is 2. The molecule has 2 aromatic rings. The van der Waals surface area contributed by atoms with Crippen molar-refractivity contribution < 1.29 is 9.59 Å². The highest BCUT2D eigenvalue weighted by atomic mass is 16.2. The van der Waals surface area contributed by atoms with Gasteiger partial charge in [-0.15, -0.1) is 0 Å². The molecular formula is C19H22N4O2. The highest BCUT2D eigenvalue weighted by Crippen LogP contribution is 2.13. The molecule has 1 aliphatic heterocycles. The standard InChI is InChI=1S/C19H22N4O2/c1-15(24)22-9-11-23(12-10-22)19(25)18-13-17(7-8-20-18)21-14-16-5-3-2-4-6-16/h2-8,13H,9-12,14H2,1H3,(H,20,21). The van der Waals surface area contributed by atoms with Crippen LogP contribution < -0.4 is 5.32 Å². The molecule has 1 fully saturated rings. The van der Waals surface area contributed by atoms with Crippen molar-refractivity contribution in [3.8, 4) is 0 Å². The van der Waals surface area contributed by atoms with E-state index in [1.165, 1.54) is 5.56 Å². The van der Waals surface area contributed by atoms with Crippen molar-refractivity contribution in [2.45, 2.75) is 13.5 Å². The number of nitrogens with zero attached hydrogens (tertiary/aromatic N) is 3. The van der Waals surface area contributed by atoms with E-state index in [2.05, 4.69) is 22.4 Å². The molecule has 1 N–H and O–H groups in total. The van der Waals surface area contributed by atoms with E-state index in [1.807, 2.05) is 24.3 Å². The molecule has 0 radical (unpaired) electrons. The van der Waals surface area contributed by atoms with Crippen molar-refractivity contribution in [2.75, 3.05) is 31.5 Å². The Morgan fingerprint density at radius 1 is 1.04 bits per heavy atom. The minimum Gasteiger partial charge on any atom is -0.381 e.